The average Bonchev–Trinajstić information content (AvgIpc) is 2.37. The van der Waals surface area contributed by atoms with Gasteiger partial charge in [-0.15, -0.1) is 0 Å². The standard InChI is InChI=1S/C13H23N3O3S/c1-10(2)16-20(17,18)13-6-4-11(5-7-13)15-12(8-14)9-19-3/h4-7,10,12,15-16H,8-9,14H2,1-3H3. The zero-order valence-corrected chi connectivity index (χ0v) is 12.9. The molecule has 0 radical (unpaired) electrons. The number of hydrogen-bond acceptors (Lipinski definition) is 5. The van der Waals surface area contributed by atoms with Crippen LogP contribution in [-0.4, -0.2) is 40.8 Å². The smallest absolute Gasteiger partial charge is 0.240 e. The fourth-order valence-electron chi connectivity index (χ4n) is 1.71. The highest BCUT2D eigenvalue weighted by Crippen LogP contribution is 2.15. The van der Waals surface area contributed by atoms with Gasteiger partial charge >= 0.3 is 0 Å². The molecule has 0 fully saturated rings. The van der Waals surface area contributed by atoms with Gasteiger partial charge in [-0.3, -0.25) is 0 Å². The summed E-state index contributed by atoms with van der Waals surface area (Å²) in [6.45, 7) is 4.49. The van der Waals surface area contributed by atoms with Crippen molar-refractivity contribution in [3.8, 4) is 0 Å². The lowest BCUT2D eigenvalue weighted by atomic mass is 10.2. The summed E-state index contributed by atoms with van der Waals surface area (Å²) in [5.74, 6) is 0. The third-order valence-corrected chi connectivity index (χ3v) is 4.25. The second-order valence-corrected chi connectivity index (χ2v) is 6.55. The van der Waals surface area contributed by atoms with Crippen LogP contribution in [-0.2, 0) is 14.8 Å². The number of anilines is 1. The molecule has 0 aromatic heterocycles. The van der Waals surface area contributed by atoms with Crippen LogP contribution in [0.4, 0.5) is 5.69 Å². The fourth-order valence-corrected chi connectivity index (χ4v) is 2.97. The second kappa shape index (κ2) is 7.58. The molecular formula is C13H23N3O3S. The van der Waals surface area contributed by atoms with Crippen LogP contribution in [0.5, 0.6) is 0 Å². The summed E-state index contributed by atoms with van der Waals surface area (Å²) >= 11 is 0. The van der Waals surface area contributed by atoms with E-state index in [4.69, 9.17) is 10.5 Å². The van der Waals surface area contributed by atoms with Gasteiger partial charge in [0.2, 0.25) is 10.0 Å². The minimum Gasteiger partial charge on any atom is -0.383 e. The van der Waals surface area contributed by atoms with E-state index in [1.807, 2.05) is 0 Å². The highest BCUT2D eigenvalue weighted by molar-refractivity contribution is 7.89. The number of hydrogen-bond donors (Lipinski definition) is 3. The van der Waals surface area contributed by atoms with Gasteiger partial charge in [-0.1, -0.05) is 0 Å². The van der Waals surface area contributed by atoms with Crippen molar-refractivity contribution in [1.29, 1.82) is 0 Å². The van der Waals surface area contributed by atoms with Crippen molar-refractivity contribution in [1.82, 2.24) is 4.72 Å². The molecule has 7 heteroatoms. The summed E-state index contributed by atoms with van der Waals surface area (Å²) in [5, 5.41) is 3.18. The summed E-state index contributed by atoms with van der Waals surface area (Å²) in [6.07, 6.45) is 0. The molecule has 6 nitrogen and oxygen atoms in total. The Labute approximate surface area is 120 Å². The van der Waals surface area contributed by atoms with Crippen molar-refractivity contribution in [2.45, 2.75) is 30.8 Å². The fraction of sp³-hybridized carbons (Fsp3) is 0.538. The van der Waals surface area contributed by atoms with E-state index in [-0.39, 0.29) is 17.0 Å². The third-order valence-electron chi connectivity index (χ3n) is 2.58. The van der Waals surface area contributed by atoms with Gasteiger partial charge in [-0.2, -0.15) is 0 Å². The molecule has 1 rings (SSSR count). The van der Waals surface area contributed by atoms with Crippen LogP contribution in [0.1, 0.15) is 13.8 Å². The van der Waals surface area contributed by atoms with Crippen LogP contribution in [0.25, 0.3) is 0 Å². The Morgan fingerprint density at radius 1 is 1.25 bits per heavy atom. The maximum atomic E-state index is 12.0. The quantitative estimate of drug-likeness (QED) is 0.659. The van der Waals surface area contributed by atoms with E-state index in [0.29, 0.717) is 13.2 Å². The van der Waals surface area contributed by atoms with Gasteiger partial charge in [-0.05, 0) is 38.1 Å². The molecule has 20 heavy (non-hydrogen) atoms. The molecule has 0 amide bonds. The first-order chi connectivity index (χ1) is 9.39. The lowest BCUT2D eigenvalue weighted by molar-refractivity contribution is 0.187. The second-order valence-electron chi connectivity index (χ2n) is 4.83. The Hall–Kier alpha value is -1.15. The number of methoxy groups -OCH3 is 1. The molecule has 0 saturated carbocycles. The molecule has 1 unspecified atom stereocenters. The SMILES string of the molecule is COCC(CN)Nc1ccc(S(=O)(=O)NC(C)C)cc1. The Balaban J connectivity index is 2.78. The van der Waals surface area contributed by atoms with Crippen LogP contribution in [0.3, 0.4) is 0 Å². The van der Waals surface area contributed by atoms with E-state index >= 15 is 0 Å². The van der Waals surface area contributed by atoms with Gasteiger partial charge in [0.15, 0.2) is 0 Å². The van der Waals surface area contributed by atoms with Crippen LogP contribution >= 0.6 is 0 Å². The van der Waals surface area contributed by atoms with E-state index < -0.39 is 10.0 Å². The van der Waals surface area contributed by atoms with Gasteiger partial charge in [0.05, 0.1) is 17.5 Å². The monoisotopic (exact) mass is 301 g/mol. The number of nitrogens with one attached hydrogen (secondary N) is 2. The van der Waals surface area contributed by atoms with E-state index in [9.17, 15) is 8.42 Å². The van der Waals surface area contributed by atoms with Crippen molar-refractivity contribution in [2.75, 3.05) is 25.6 Å². The summed E-state index contributed by atoms with van der Waals surface area (Å²) < 4.78 is 31.5. The Morgan fingerprint density at radius 2 is 1.85 bits per heavy atom. The predicted octanol–water partition coefficient (Wildman–Crippen LogP) is 0.759. The van der Waals surface area contributed by atoms with Gasteiger partial charge < -0.3 is 15.8 Å². The number of sulfonamides is 1. The van der Waals surface area contributed by atoms with Crippen LogP contribution in [0, 0.1) is 0 Å². The van der Waals surface area contributed by atoms with Crippen LogP contribution in [0.15, 0.2) is 29.2 Å². The number of ether oxygens (including phenoxy) is 1. The Kier molecular flexibility index (Phi) is 6.41. The molecule has 0 saturated heterocycles. The van der Waals surface area contributed by atoms with Crippen molar-refractivity contribution >= 4 is 15.7 Å². The normalized spacial score (nSPS) is 13.4. The summed E-state index contributed by atoms with van der Waals surface area (Å²) in [7, 11) is -1.84. The highest BCUT2D eigenvalue weighted by atomic mass is 32.2. The van der Waals surface area contributed by atoms with Gasteiger partial charge in [-0.25, -0.2) is 13.1 Å². The van der Waals surface area contributed by atoms with Crippen molar-refractivity contribution in [3.05, 3.63) is 24.3 Å². The summed E-state index contributed by atoms with van der Waals surface area (Å²) in [6, 6.07) is 6.42. The van der Waals surface area contributed by atoms with E-state index in [1.165, 1.54) is 0 Å². The van der Waals surface area contributed by atoms with Crippen LogP contribution in [0.2, 0.25) is 0 Å². The molecular weight excluding hydrogens is 278 g/mol. The zero-order valence-electron chi connectivity index (χ0n) is 12.1. The van der Waals surface area contributed by atoms with Crippen molar-refractivity contribution in [2.24, 2.45) is 5.73 Å². The molecule has 0 aliphatic heterocycles. The van der Waals surface area contributed by atoms with Gasteiger partial charge in [0.1, 0.15) is 0 Å². The summed E-state index contributed by atoms with van der Waals surface area (Å²) in [4.78, 5) is 0.243. The molecule has 114 valence electrons. The van der Waals surface area contributed by atoms with Gasteiger partial charge in [0.25, 0.3) is 0 Å². The van der Waals surface area contributed by atoms with E-state index in [0.717, 1.165) is 5.69 Å². The molecule has 0 aliphatic rings. The van der Waals surface area contributed by atoms with Crippen molar-refractivity contribution < 1.29 is 13.2 Å². The summed E-state index contributed by atoms with van der Waals surface area (Å²) in [5.41, 5.74) is 6.42. The number of rotatable bonds is 8. The molecule has 0 spiro atoms. The highest BCUT2D eigenvalue weighted by Gasteiger charge is 2.15. The molecule has 0 aliphatic carbocycles. The molecule has 4 N–H and O–H groups in total. The Morgan fingerprint density at radius 3 is 2.30 bits per heavy atom. The maximum absolute atomic E-state index is 12.0. The van der Waals surface area contributed by atoms with Crippen molar-refractivity contribution in [3.63, 3.8) is 0 Å². The molecule has 1 aromatic carbocycles. The molecule has 1 aromatic rings. The third kappa shape index (κ3) is 5.09. The first kappa shape index (κ1) is 16.9. The minimum absolute atomic E-state index is 0.00348. The lowest BCUT2D eigenvalue weighted by Crippen LogP contribution is -2.33. The first-order valence-electron chi connectivity index (χ1n) is 6.47. The molecule has 0 bridgehead atoms. The predicted molar refractivity (Wildman–Crippen MR) is 80.2 cm³/mol. The number of nitrogens with two attached hydrogens (primary N) is 1. The van der Waals surface area contributed by atoms with Crippen LogP contribution < -0.4 is 15.8 Å². The molecule has 1 atom stereocenters. The van der Waals surface area contributed by atoms with E-state index in [2.05, 4.69) is 10.0 Å². The van der Waals surface area contributed by atoms with E-state index in [1.54, 1.807) is 45.2 Å². The molecule has 0 heterocycles. The largest absolute Gasteiger partial charge is 0.383 e. The zero-order chi connectivity index (χ0) is 15.2. The maximum Gasteiger partial charge on any atom is 0.240 e. The Bertz CT molecular complexity index is 500. The minimum atomic E-state index is -3.45. The average molecular weight is 301 g/mol. The first-order valence-corrected chi connectivity index (χ1v) is 7.95. The topological polar surface area (TPSA) is 93.4 Å². The number of benzene rings is 1. The lowest BCUT2D eigenvalue weighted by Gasteiger charge is -2.17. The van der Waals surface area contributed by atoms with Gasteiger partial charge in [0, 0.05) is 25.4 Å².